The molecular formula is C17H34N2. The lowest BCUT2D eigenvalue weighted by molar-refractivity contribution is 0.534. The van der Waals surface area contributed by atoms with Gasteiger partial charge in [0.05, 0.1) is 6.33 Å². The summed E-state index contributed by atoms with van der Waals surface area (Å²) in [5.41, 5.74) is 0. The summed E-state index contributed by atoms with van der Waals surface area (Å²) in [6, 6.07) is 0. The lowest BCUT2D eigenvalue weighted by Gasteiger charge is -2.03. The Morgan fingerprint density at radius 1 is 0.789 bits per heavy atom. The number of nitrogens with zero attached hydrogens (tertiary/aromatic N) is 2. The highest BCUT2D eigenvalue weighted by atomic mass is 15.0. The van der Waals surface area contributed by atoms with Crippen molar-refractivity contribution < 1.29 is 0 Å². The van der Waals surface area contributed by atoms with E-state index in [0.717, 1.165) is 6.54 Å². The van der Waals surface area contributed by atoms with E-state index in [2.05, 4.69) is 16.5 Å². The van der Waals surface area contributed by atoms with Crippen molar-refractivity contribution in [1.82, 2.24) is 9.55 Å². The Balaban J connectivity index is 0.00000154. The highest BCUT2D eigenvalue weighted by molar-refractivity contribution is 4.73. The molecule has 0 amide bonds. The van der Waals surface area contributed by atoms with Crippen LogP contribution in [0.3, 0.4) is 0 Å². The molecule has 2 heteroatoms. The van der Waals surface area contributed by atoms with Crippen LogP contribution in [0.25, 0.3) is 0 Å². The summed E-state index contributed by atoms with van der Waals surface area (Å²) >= 11 is 0. The number of unbranched alkanes of at least 4 members (excludes halogenated alkanes) is 9. The van der Waals surface area contributed by atoms with Gasteiger partial charge in [-0.2, -0.15) is 0 Å². The van der Waals surface area contributed by atoms with Crippen molar-refractivity contribution in [3.05, 3.63) is 18.7 Å². The molecular weight excluding hydrogens is 232 g/mol. The lowest BCUT2D eigenvalue weighted by Crippen LogP contribution is -1.93. The van der Waals surface area contributed by atoms with Gasteiger partial charge in [-0.1, -0.05) is 78.6 Å². The molecule has 1 aromatic rings. The second-order valence-electron chi connectivity index (χ2n) is 4.98. The first-order chi connectivity index (χ1) is 9.43. The highest BCUT2D eigenvalue weighted by Gasteiger charge is 1.93. The molecule has 1 heterocycles. The second-order valence-corrected chi connectivity index (χ2v) is 4.98. The van der Waals surface area contributed by atoms with E-state index in [1.54, 1.807) is 0 Å². The van der Waals surface area contributed by atoms with Crippen LogP contribution in [-0.2, 0) is 6.54 Å². The van der Waals surface area contributed by atoms with E-state index in [1.165, 1.54) is 64.2 Å². The minimum atomic E-state index is 1.14. The summed E-state index contributed by atoms with van der Waals surface area (Å²) in [6.07, 6.45) is 19.9. The first kappa shape index (κ1) is 18.2. The number of hydrogen-bond donors (Lipinski definition) is 0. The van der Waals surface area contributed by atoms with Crippen LogP contribution >= 0.6 is 0 Å². The molecule has 1 rings (SSSR count). The summed E-state index contributed by atoms with van der Waals surface area (Å²) in [5, 5.41) is 0. The van der Waals surface area contributed by atoms with Gasteiger partial charge in [-0.15, -0.1) is 0 Å². The van der Waals surface area contributed by atoms with Crippen molar-refractivity contribution in [3.8, 4) is 0 Å². The Bertz CT molecular complexity index is 242. The number of hydrogen-bond acceptors (Lipinski definition) is 1. The molecule has 1 aromatic heterocycles. The van der Waals surface area contributed by atoms with E-state index in [-0.39, 0.29) is 0 Å². The zero-order valence-corrected chi connectivity index (χ0v) is 13.4. The van der Waals surface area contributed by atoms with Gasteiger partial charge in [-0.25, -0.2) is 4.98 Å². The summed E-state index contributed by atoms with van der Waals surface area (Å²) in [5.74, 6) is 0. The maximum atomic E-state index is 4.05. The number of aromatic nitrogens is 2. The molecule has 0 N–H and O–H groups in total. The Kier molecular flexibility index (Phi) is 14.6. The molecule has 0 aliphatic heterocycles. The van der Waals surface area contributed by atoms with Gasteiger partial charge < -0.3 is 4.57 Å². The quantitative estimate of drug-likeness (QED) is 0.461. The SMILES string of the molecule is CC.CCCCCCCCCCCCn1ccnc1. The molecule has 0 unspecified atom stereocenters. The average molecular weight is 266 g/mol. The molecule has 112 valence electrons. The van der Waals surface area contributed by atoms with Crippen LogP contribution in [0.15, 0.2) is 18.7 Å². The Morgan fingerprint density at radius 3 is 1.79 bits per heavy atom. The van der Waals surface area contributed by atoms with Crippen molar-refractivity contribution in [2.45, 2.75) is 91.5 Å². The average Bonchev–Trinajstić information content (AvgIpc) is 2.96. The fourth-order valence-electron chi connectivity index (χ4n) is 2.20. The monoisotopic (exact) mass is 266 g/mol. The first-order valence-corrected chi connectivity index (χ1v) is 8.39. The van der Waals surface area contributed by atoms with Crippen molar-refractivity contribution in [3.63, 3.8) is 0 Å². The van der Waals surface area contributed by atoms with E-state index >= 15 is 0 Å². The molecule has 0 atom stereocenters. The molecule has 0 aliphatic rings. The zero-order valence-electron chi connectivity index (χ0n) is 13.4. The van der Waals surface area contributed by atoms with Crippen LogP contribution < -0.4 is 0 Å². The molecule has 0 spiro atoms. The van der Waals surface area contributed by atoms with Gasteiger partial charge in [0.2, 0.25) is 0 Å². The van der Waals surface area contributed by atoms with Crippen molar-refractivity contribution in [2.24, 2.45) is 0 Å². The Labute approximate surface area is 120 Å². The number of aryl methyl sites for hydroxylation is 1. The van der Waals surface area contributed by atoms with Gasteiger partial charge in [0, 0.05) is 18.9 Å². The maximum absolute atomic E-state index is 4.05. The van der Waals surface area contributed by atoms with Crippen molar-refractivity contribution in [1.29, 1.82) is 0 Å². The highest BCUT2D eigenvalue weighted by Crippen LogP contribution is 2.10. The van der Waals surface area contributed by atoms with Gasteiger partial charge in [-0.05, 0) is 6.42 Å². The van der Waals surface area contributed by atoms with Crippen molar-refractivity contribution >= 4 is 0 Å². The fraction of sp³-hybridized carbons (Fsp3) is 0.824. The minimum absolute atomic E-state index is 1.14. The van der Waals surface area contributed by atoms with E-state index in [0.29, 0.717) is 0 Å². The van der Waals surface area contributed by atoms with Gasteiger partial charge >= 0.3 is 0 Å². The molecule has 0 aliphatic carbocycles. The van der Waals surface area contributed by atoms with E-state index in [4.69, 9.17) is 0 Å². The molecule has 0 saturated carbocycles. The Morgan fingerprint density at radius 2 is 1.32 bits per heavy atom. The molecule has 0 saturated heterocycles. The minimum Gasteiger partial charge on any atom is -0.337 e. The number of rotatable bonds is 11. The largest absolute Gasteiger partial charge is 0.337 e. The molecule has 0 fully saturated rings. The summed E-state index contributed by atoms with van der Waals surface area (Å²) in [7, 11) is 0. The van der Waals surface area contributed by atoms with Crippen LogP contribution in [0.5, 0.6) is 0 Å². The van der Waals surface area contributed by atoms with Gasteiger partial charge in [-0.3, -0.25) is 0 Å². The fourth-order valence-corrected chi connectivity index (χ4v) is 2.20. The third-order valence-corrected chi connectivity index (χ3v) is 3.33. The predicted molar refractivity (Wildman–Crippen MR) is 85.4 cm³/mol. The summed E-state index contributed by atoms with van der Waals surface area (Å²) in [4.78, 5) is 4.05. The van der Waals surface area contributed by atoms with E-state index in [9.17, 15) is 0 Å². The molecule has 0 aromatic carbocycles. The zero-order chi connectivity index (χ0) is 14.2. The maximum Gasteiger partial charge on any atom is 0.0945 e. The second kappa shape index (κ2) is 15.3. The smallest absolute Gasteiger partial charge is 0.0945 e. The number of imidazole rings is 1. The van der Waals surface area contributed by atoms with Crippen LogP contribution in [0.1, 0.15) is 85.0 Å². The third kappa shape index (κ3) is 12.0. The predicted octanol–water partition coefficient (Wildman–Crippen LogP) is 5.83. The van der Waals surface area contributed by atoms with E-state index < -0.39 is 0 Å². The van der Waals surface area contributed by atoms with Gasteiger partial charge in [0.15, 0.2) is 0 Å². The summed E-state index contributed by atoms with van der Waals surface area (Å²) < 4.78 is 2.17. The van der Waals surface area contributed by atoms with Crippen molar-refractivity contribution in [2.75, 3.05) is 0 Å². The molecule has 19 heavy (non-hydrogen) atoms. The molecule has 0 bridgehead atoms. The van der Waals surface area contributed by atoms with E-state index in [1.807, 2.05) is 32.6 Å². The third-order valence-electron chi connectivity index (χ3n) is 3.33. The standard InChI is InChI=1S/C15H28N2.C2H6/c1-2-3-4-5-6-7-8-9-10-11-13-17-14-12-16-15-17;1-2/h12,14-15H,2-11,13H2,1H3;1-2H3. The normalized spacial score (nSPS) is 10.1. The Hall–Kier alpha value is -0.790. The van der Waals surface area contributed by atoms with Crippen LogP contribution in [0, 0.1) is 0 Å². The van der Waals surface area contributed by atoms with Gasteiger partial charge in [0.25, 0.3) is 0 Å². The van der Waals surface area contributed by atoms with Gasteiger partial charge in [0.1, 0.15) is 0 Å². The molecule has 2 nitrogen and oxygen atoms in total. The molecule has 0 radical (unpaired) electrons. The summed E-state index contributed by atoms with van der Waals surface area (Å²) in [6.45, 7) is 7.41. The first-order valence-electron chi connectivity index (χ1n) is 8.39. The van der Waals surface area contributed by atoms with Crippen LogP contribution in [0.2, 0.25) is 0 Å². The van der Waals surface area contributed by atoms with Crippen LogP contribution in [0.4, 0.5) is 0 Å². The van der Waals surface area contributed by atoms with Crippen LogP contribution in [-0.4, -0.2) is 9.55 Å². The lowest BCUT2D eigenvalue weighted by atomic mass is 10.1. The topological polar surface area (TPSA) is 17.8 Å².